The van der Waals surface area contributed by atoms with E-state index in [1.54, 1.807) is 6.20 Å². The number of aryl methyl sites for hydroxylation is 1. The third-order valence-electron chi connectivity index (χ3n) is 4.02. The van der Waals surface area contributed by atoms with E-state index < -0.39 is 0 Å². The summed E-state index contributed by atoms with van der Waals surface area (Å²) in [6.45, 7) is 3.29. The summed E-state index contributed by atoms with van der Waals surface area (Å²) in [4.78, 5) is 20.6. The predicted molar refractivity (Wildman–Crippen MR) is 103 cm³/mol. The molecular weight excluding hydrogens is 324 g/mol. The van der Waals surface area contributed by atoms with Crippen LogP contribution in [0.1, 0.15) is 27.2 Å². The minimum absolute atomic E-state index is 0.210. The van der Waals surface area contributed by atoms with Crippen LogP contribution in [0.4, 0.5) is 5.82 Å². The number of carbonyl (C=O) groups is 1. The van der Waals surface area contributed by atoms with Crippen LogP contribution >= 0.6 is 0 Å². The van der Waals surface area contributed by atoms with E-state index in [9.17, 15) is 4.79 Å². The molecule has 1 heterocycles. The van der Waals surface area contributed by atoms with Crippen molar-refractivity contribution in [2.45, 2.75) is 19.9 Å². The maximum absolute atomic E-state index is 12.1. The molecule has 1 amide bonds. The van der Waals surface area contributed by atoms with Gasteiger partial charge in [0.2, 0.25) is 0 Å². The van der Waals surface area contributed by atoms with Crippen LogP contribution in [0.25, 0.3) is 0 Å². The molecule has 1 aromatic heterocycles. The molecule has 0 fully saturated rings. The molecule has 2 aromatic carbocycles. The van der Waals surface area contributed by atoms with Gasteiger partial charge in [-0.15, -0.1) is 0 Å². The zero-order valence-electron chi connectivity index (χ0n) is 14.8. The van der Waals surface area contributed by atoms with Gasteiger partial charge in [-0.05, 0) is 24.5 Å². The van der Waals surface area contributed by atoms with Crippen LogP contribution in [0.5, 0.6) is 0 Å². The normalized spacial score (nSPS) is 10.3. The number of carbonyl (C=O) groups excluding carboxylic acids is 1. The Balaban J connectivity index is 1.47. The lowest BCUT2D eigenvalue weighted by Crippen LogP contribution is -2.26. The third kappa shape index (κ3) is 5.14. The Morgan fingerprint density at radius 1 is 0.923 bits per heavy atom. The molecule has 26 heavy (non-hydrogen) atoms. The molecule has 0 spiro atoms. The van der Waals surface area contributed by atoms with E-state index in [-0.39, 0.29) is 5.91 Å². The monoisotopic (exact) mass is 346 g/mol. The van der Waals surface area contributed by atoms with E-state index >= 15 is 0 Å². The summed E-state index contributed by atoms with van der Waals surface area (Å²) >= 11 is 0. The number of nitrogens with zero attached hydrogens (tertiary/aromatic N) is 2. The van der Waals surface area contributed by atoms with Crippen LogP contribution < -0.4 is 10.6 Å². The van der Waals surface area contributed by atoms with Gasteiger partial charge in [0.15, 0.2) is 0 Å². The first-order valence-corrected chi connectivity index (χ1v) is 8.64. The Morgan fingerprint density at radius 3 is 2.38 bits per heavy atom. The first kappa shape index (κ1) is 17.6. The minimum atomic E-state index is -0.210. The van der Waals surface area contributed by atoms with E-state index in [2.05, 4.69) is 51.8 Å². The number of benzene rings is 2. The van der Waals surface area contributed by atoms with Gasteiger partial charge in [-0.3, -0.25) is 4.79 Å². The molecule has 0 atom stereocenters. The maximum atomic E-state index is 12.1. The zero-order valence-corrected chi connectivity index (χ0v) is 14.8. The van der Waals surface area contributed by atoms with Crippen LogP contribution in [0.3, 0.4) is 0 Å². The molecule has 0 bridgehead atoms. The average Bonchev–Trinajstić information content (AvgIpc) is 2.69. The van der Waals surface area contributed by atoms with Crippen molar-refractivity contribution in [1.82, 2.24) is 15.3 Å². The van der Waals surface area contributed by atoms with Crippen LogP contribution in [-0.4, -0.2) is 22.4 Å². The van der Waals surface area contributed by atoms with Gasteiger partial charge < -0.3 is 10.6 Å². The van der Waals surface area contributed by atoms with Crippen molar-refractivity contribution in [1.29, 1.82) is 0 Å². The summed E-state index contributed by atoms with van der Waals surface area (Å²) in [6, 6.07) is 18.3. The standard InChI is InChI=1S/C21H22N4O/c1-16-7-9-18(10-8-16)13-24-20-15-23-19(14-25-20)21(26)22-12-11-17-5-3-2-4-6-17/h2-10,14-15H,11-13H2,1H3,(H,22,26)(H,24,25). The molecule has 0 aliphatic rings. The summed E-state index contributed by atoms with van der Waals surface area (Å²) in [7, 11) is 0. The molecule has 5 nitrogen and oxygen atoms in total. The second kappa shape index (κ2) is 8.76. The smallest absolute Gasteiger partial charge is 0.271 e. The minimum Gasteiger partial charge on any atom is -0.365 e. The van der Waals surface area contributed by atoms with E-state index in [0.717, 1.165) is 6.42 Å². The number of amides is 1. The average molecular weight is 346 g/mol. The molecule has 0 saturated heterocycles. The molecular formula is C21H22N4O. The quantitative estimate of drug-likeness (QED) is 0.688. The number of nitrogens with one attached hydrogen (secondary N) is 2. The molecule has 5 heteroatoms. The van der Waals surface area contributed by atoms with E-state index in [4.69, 9.17) is 0 Å². The zero-order chi connectivity index (χ0) is 18.2. The first-order chi connectivity index (χ1) is 12.7. The van der Waals surface area contributed by atoms with Crippen LogP contribution in [0, 0.1) is 6.92 Å². The summed E-state index contributed by atoms with van der Waals surface area (Å²) in [5.74, 6) is 0.435. The predicted octanol–water partition coefficient (Wildman–Crippen LogP) is 3.37. The van der Waals surface area contributed by atoms with Crippen molar-refractivity contribution in [3.05, 3.63) is 89.4 Å². The van der Waals surface area contributed by atoms with E-state index in [0.29, 0.717) is 24.6 Å². The largest absolute Gasteiger partial charge is 0.365 e. The molecule has 0 aliphatic carbocycles. The van der Waals surface area contributed by atoms with Crippen molar-refractivity contribution in [2.24, 2.45) is 0 Å². The number of aromatic nitrogens is 2. The molecule has 3 rings (SSSR count). The highest BCUT2D eigenvalue weighted by Gasteiger charge is 2.07. The number of rotatable bonds is 7. The van der Waals surface area contributed by atoms with Crippen LogP contribution in [0.2, 0.25) is 0 Å². The third-order valence-corrected chi connectivity index (χ3v) is 4.02. The summed E-state index contributed by atoms with van der Waals surface area (Å²) < 4.78 is 0. The van der Waals surface area contributed by atoms with Gasteiger partial charge in [0.25, 0.3) is 5.91 Å². The van der Waals surface area contributed by atoms with Gasteiger partial charge >= 0.3 is 0 Å². The number of anilines is 1. The summed E-state index contributed by atoms with van der Waals surface area (Å²) in [6.07, 6.45) is 3.87. The number of hydrogen-bond donors (Lipinski definition) is 2. The Kier molecular flexibility index (Phi) is 5.93. The fraction of sp³-hybridized carbons (Fsp3) is 0.190. The molecule has 0 unspecified atom stereocenters. The highest BCUT2D eigenvalue weighted by atomic mass is 16.1. The fourth-order valence-electron chi connectivity index (χ4n) is 2.49. The molecule has 0 aliphatic heterocycles. The second-order valence-corrected chi connectivity index (χ2v) is 6.12. The lowest BCUT2D eigenvalue weighted by atomic mass is 10.1. The first-order valence-electron chi connectivity index (χ1n) is 8.64. The van der Waals surface area contributed by atoms with Crippen molar-refractivity contribution in [3.63, 3.8) is 0 Å². The van der Waals surface area contributed by atoms with E-state index in [1.807, 2.05) is 30.3 Å². The van der Waals surface area contributed by atoms with Gasteiger partial charge in [0.05, 0.1) is 12.4 Å². The topological polar surface area (TPSA) is 66.9 Å². The van der Waals surface area contributed by atoms with E-state index in [1.165, 1.54) is 22.9 Å². The van der Waals surface area contributed by atoms with Gasteiger partial charge in [0.1, 0.15) is 11.5 Å². The van der Waals surface area contributed by atoms with Crippen molar-refractivity contribution in [3.8, 4) is 0 Å². The van der Waals surface area contributed by atoms with Crippen LogP contribution in [0.15, 0.2) is 67.0 Å². The van der Waals surface area contributed by atoms with Crippen molar-refractivity contribution < 1.29 is 4.79 Å². The molecule has 3 aromatic rings. The van der Waals surface area contributed by atoms with Gasteiger partial charge in [0, 0.05) is 13.1 Å². The maximum Gasteiger partial charge on any atom is 0.271 e. The fourth-order valence-corrected chi connectivity index (χ4v) is 2.49. The summed E-state index contributed by atoms with van der Waals surface area (Å²) in [5, 5.41) is 6.07. The lowest BCUT2D eigenvalue weighted by Gasteiger charge is -2.07. The highest BCUT2D eigenvalue weighted by Crippen LogP contribution is 2.07. The van der Waals surface area contributed by atoms with Crippen molar-refractivity contribution in [2.75, 3.05) is 11.9 Å². The Morgan fingerprint density at radius 2 is 1.69 bits per heavy atom. The highest BCUT2D eigenvalue weighted by molar-refractivity contribution is 5.91. The van der Waals surface area contributed by atoms with Crippen LogP contribution in [-0.2, 0) is 13.0 Å². The second-order valence-electron chi connectivity index (χ2n) is 6.12. The van der Waals surface area contributed by atoms with Crippen molar-refractivity contribution >= 4 is 11.7 Å². The summed E-state index contributed by atoms with van der Waals surface area (Å²) in [5.41, 5.74) is 3.91. The van der Waals surface area contributed by atoms with Gasteiger partial charge in [-0.1, -0.05) is 60.2 Å². The van der Waals surface area contributed by atoms with Gasteiger partial charge in [-0.25, -0.2) is 9.97 Å². The molecule has 0 saturated carbocycles. The molecule has 2 N–H and O–H groups in total. The molecule has 0 radical (unpaired) electrons. The Labute approximate surface area is 153 Å². The SMILES string of the molecule is Cc1ccc(CNc2cnc(C(=O)NCCc3ccccc3)cn2)cc1. The number of hydrogen-bond acceptors (Lipinski definition) is 4. The van der Waals surface area contributed by atoms with Gasteiger partial charge in [-0.2, -0.15) is 0 Å². The molecule has 132 valence electrons. The Hall–Kier alpha value is -3.21. The Bertz CT molecular complexity index is 830. The lowest BCUT2D eigenvalue weighted by molar-refractivity contribution is 0.0949.